The molecule has 1 fully saturated rings. The standard InChI is InChI=1S/C14H17BrF3N/c15-10-11-5-6-12(9-13(11)14(16,17)18)19-7-3-1-2-4-8-19/h5-6,9H,1-4,7-8,10H2. The number of nitrogens with zero attached hydrogens (tertiary/aromatic N) is 1. The maximum Gasteiger partial charge on any atom is 0.416 e. The predicted octanol–water partition coefficient (Wildman–Crippen LogP) is 4.98. The third kappa shape index (κ3) is 3.65. The van der Waals surface area contributed by atoms with Crippen LogP contribution < -0.4 is 4.90 Å². The van der Waals surface area contributed by atoms with Gasteiger partial charge in [-0.3, -0.25) is 0 Å². The number of rotatable bonds is 2. The van der Waals surface area contributed by atoms with E-state index in [1.165, 1.54) is 18.9 Å². The fourth-order valence-electron chi connectivity index (χ4n) is 2.47. The van der Waals surface area contributed by atoms with Crippen molar-refractivity contribution in [3.05, 3.63) is 29.3 Å². The lowest BCUT2D eigenvalue weighted by Crippen LogP contribution is -2.24. The van der Waals surface area contributed by atoms with Gasteiger partial charge < -0.3 is 4.90 Å². The Balaban J connectivity index is 2.31. The summed E-state index contributed by atoms with van der Waals surface area (Å²) in [5, 5.41) is 0.224. The van der Waals surface area contributed by atoms with Gasteiger partial charge in [-0.2, -0.15) is 13.2 Å². The number of hydrogen-bond donors (Lipinski definition) is 0. The Morgan fingerprint density at radius 2 is 1.68 bits per heavy atom. The summed E-state index contributed by atoms with van der Waals surface area (Å²) in [6.45, 7) is 1.70. The van der Waals surface area contributed by atoms with Crippen LogP contribution in [0, 0.1) is 0 Å². The molecule has 106 valence electrons. The molecule has 1 aliphatic heterocycles. The largest absolute Gasteiger partial charge is 0.416 e. The Bertz CT molecular complexity index is 423. The van der Waals surface area contributed by atoms with Crippen molar-refractivity contribution in [3.8, 4) is 0 Å². The van der Waals surface area contributed by atoms with E-state index in [1.54, 1.807) is 12.1 Å². The van der Waals surface area contributed by atoms with Crippen molar-refractivity contribution in [1.82, 2.24) is 0 Å². The van der Waals surface area contributed by atoms with Crippen molar-refractivity contribution >= 4 is 21.6 Å². The van der Waals surface area contributed by atoms with E-state index in [2.05, 4.69) is 20.8 Å². The molecule has 19 heavy (non-hydrogen) atoms. The van der Waals surface area contributed by atoms with E-state index in [0.29, 0.717) is 11.3 Å². The summed E-state index contributed by atoms with van der Waals surface area (Å²) in [7, 11) is 0. The van der Waals surface area contributed by atoms with Crippen LogP contribution in [0.15, 0.2) is 18.2 Å². The zero-order valence-electron chi connectivity index (χ0n) is 10.6. The van der Waals surface area contributed by atoms with Crippen LogP contribution in [0.3, 0.4) is 0 Å². The predicted molar refractivity (Wildman–Crippen MR) is 74.8 cm³/mol. The lowest BCUT2D eigenvalue weighted by atomic mass is 10.1. The van der Waals surface area contributed by atoms with Gasteiger partial charge in [0.1, 0.15) is 0 Å². The summed E-state index contributed by atoms with van der Waals surface area (Å²) < 4.78 is 39.1. The zero-order valence-corrected chi connectivity index (χ0v) is 12.2. The molecule has 2 rings (SSSR count). The monoisotopic (exact) mass is 335 g/mol. The third-order valence-electron chi connectivity index (χ3n) is 3.51. The molecular formula is C14H17BrF3N. The maximum atomic E-state index is 13.0. The molecule has 0 aromatic heterocycles. The van der Waals surface area contributed by atoms with Crippen molar-refractivity contribution in [1.29, 1.82) is 0 Å². The first-order valence-corrected chi connectivity index (χ1v) is 7.65. The van der Waals surface area contributed by atoms with E-state index < -0.39 is 11.7 Å². The smallest absolute Gasteiger partial charge is 0.372 e. The molecule has 1 saturated heterocycles. The number of alkyl halides is 4. The molecule has 0 saturated carbocycles. The second kappa shape index (κ2) is 6.16. The van der Waals surface area contributed by atoms with Gasteiger partial charge in [-0.15, -0.1) is 0 Å². The lowest BCUT2D eigenvalue weighted by Gasteiger charge is -2.24. The average molecular weight is 336 g/mol. The molecule has 1 aromatic rings. The summed E-state index contributed by atoms with van der Waals surface area (Å²) >= 11 is 3.12. The summed E-state index contributed by atoms with van der Waals surface area (Å²) in [5.41, 5.74) is 0.469. The van der Waals surface area contributed by atoms with Crippen molar-refractivity contribution in [2.45, 2.75) is 37.2 Å². The fourth-order valence-corrected chi connectivity index (χ4v) is 2.96. The first kappa shape index (κ1) is 14.7. The molecule has 0 atom stereocenters. The van der Waals surface area contributed by atoms with E-state index in [9.17, 15) is 13.2 Å². The van der Waals surface area contributed by atoms with Crippen LogP contribution in [0.2, 0.25) is 0 Å². The van der Waals surface area contributed by atoms with Crippen LogP contribution in [-0.2, 0) is 11.5 Å². The third-order valence-corrected chi connectivity index (χ3v) is 4.12. The number of hydrogen-bond acceptors (Lipinski definition) is 1. The van der Waals surface area contributed by atoms with Gasteiger partial charge in [-0.1, -0.05) is 34.8 Å². The van der Waals surface area contributed by atoms with Crippen molar-refractivity contribution in [2.24, 2.45) is 0 Å². The minimum atomic E-state index is -4.29. The van der Waals surface area contributed by atoms with Crippen LogP contribution >= 0.6 is 15.9 Å². The van der Waals surface area contributed by atoms with E-state index in [4.69, 9.17) is 0 Å². The molecule has 0 amide bonds. The van der Waals surface area contributed by atoms with Gasteiger partial charge in [0.05, 0.1) is 5.56 Å². The average Bonchev–Trinajstić information content (AvgIpc) is 2.66. The molecule has 1 aromatic carbocycles. The van der Waals surface area contributed by atoms with Crippen molar-refractivity contribution < 1.29 is 13.2 Å². The van der Waals surface area contributed by atoms with Gasteiger partial charge in [0.15, 0.2) is 0 Å². The van der Waals surface area contributed by atoms with Crippen molar-refractivity contribution in [2.75, 3.05) is 18.0 Å². The Morgan fingerprint density at radius 1 is 1.05 bits per heavy atom. The molecule has 0 N–H and O–H groups in total. The van der Waals surface area contributed by atoms with Crippen molar-refractivity contribution in [3.63, 3.8) is 0 Å². The van der Waals surface area contributed by atoms with Crippen LogP contribution in [0.5, 0.6) is 0 Å². The molecule has 0 aliphatic carbocycles. The summed E-state index contributed by atoms with van der Waals surface area (Å²) in [6.07, 6.45) is 0.165. The Labute approximate surface area is 119 Å². The Morgan fingerprint density at radius 3 is 2.21 bits per heavy atom. The second-order valence-electron chi connectivity index (χ2n) is 4.87. The van der Waals surface area contributed by atoms with E-state index in [1.807, 2.05) is 0 Å². The highest BCUT2D eigenvalue weighted by atomic mass is 79.9. The van der Waals surface area contributed by atoms with E-state index in [-0.39, 0.29) is 5.33 Å². The van der Waals surface area contributed by atoms with Crippen LogP contribution in [0.4, 0.5) is 18.9 Å². The molecule has 1 aliphatic rings. The summed E-state index contributed by atoms with van der Waals surface area (Å²) in [4.78, 5) is 2.07. The van der Waals surface area contributed by atoms with Gasteiger partial charge in [-0.05, 0) is 30.5 Å². The molecule has 0 bridgehead atoms. The molecule has 0 radical (unpaired) electrons. The summed E-state index contributed by atoms with van der Waals surface area (Å²) in [6, 6.07) is 4.68. The molecule has 1 heterocycles. The molecule has 1 nitrogen and oxygen atoms in total. The lowest BCUT2D eigenvalue weighted by molar-refractivity contribution is -0.138. The minimum Gasteiger partial charge on any atom is -0.372 e. The Kier molecular flexibility index (Phi) is 4.76. The second-order valence-corrected chi connectivity index (χ2v) is 5.43. The fraction of sp³-hybridized carbons (Fsp3) is 0.571. The Hall–Kier alpha value is -0.710. The van der Waals surface area contributed by atoms with E-state index in [0.717, 1.165) is 25.9 Å². The van der Waals surface area contributed by atoms with Gasteiger partial charge in [-0.25, -0.2) is 0 Å². The minimum absolute atomic E-state index is 0.224. The van der Waals surface area contributed by atoms with Crippen LogP contribution in [0.25, 0.3) is 0 Å². The maximum absolute atomic E-state index is 13.0. The molecule has 5 heteroatoms. The highest BCUT2D eigenvalue weighted by Crippen LogP contribution is 2.35. The zero-order chi connectivity index (χ0) is 13.9. The number of benzene rings is 1. The topological polar surface area (TPSA) is 3.24 Å². The highest BCUT2D eigenvalue weighted by molar-refractivity contribution is 9.08. The number of anilines is 1. The quantitative estimate of drug-likeness (QED) is 0.689. The summed E-state index contributed by atoms with van der Waals surface area (Å²) in [5.74, 6) is 0. The molecule has 0 spiro atoms. The first-order chi connectivity index (χ1) is 9.02. The van der Waals surface area contributed by atoms with Gasteiger partial charge >= 0.3 is 6.18 Å². The normalized spacial score (nSPS) is 17.4. The molecule has 0 unspecified atom stereocenters. The van der Waals surface area contributed by atoms with Gasteiger partial charge in [0.25, 0.3) is 0 Å². The molecular weight excluding hydrogens is 319 g/mol. The SMILES string of the molecule is FC(F)(F)c1cc(N2CCCCCC2)ccc1CBr. The number of halogens is 4. The van der Waals surface area contributed by atoms with E-state index >= 15 is 0 Å². The van der Waals surface area contributed by atoms with Gasteiger partial charge in [0.2, 0.25) is 0 Å². The van der Waals surface area contributed by atoms with Crippen LogP contribution in [-0.4, -0.2) is 13.1 Å². The highest BCUT2D eigenvalue weighted by Gasteiger charge is 2.33. The van der Waals surface area contributed by atoms with Gasteiger partial charge in [0, 0.05) is 24.1 Å². The first-order valence-electron chi connectivity index (χ1n) is 6.53. The van der Waals surface area contributed by atoms with Crippen LogP contribution in [0.1, 0.15) is 36.8 Å².